The SMILES string of the molecule is COC(=O)C(Sc1ccc(O)cc1)C(O)c1ccccc1CCCCCCCCc1ccccc1. The van der Waals surface area contributed by atoms with Crippen molar-refractivity contribution in [2.24, 2.45) is 0 Å². The largest absolute Gasteiger partial charge is 0.508 e. The minimum Gasteiger partial charge on any atom is -0.508 e. The number of methoxy groups -OCH3 is 1. The third kappa shape index (κ3) is 8.75. The number of aryl methyl sites for hydroxylation is 2. The summed E-state index contributed by atoms with van der Waals surface area (Å²) in [5.41, 5.74) is 3.26. The third-order valence-corrected chi connectivity index (χ3v) is 7.45. The van der Waals surface area contributed by atoms with Gasteiger partial charge in [0, 0.05) is 4.90 Å². The van der Waals surface area contributed by atoms with Crippen LogP contribution in [0.2, 0.25) is 0 Å². The summed E-state index contributed by atoms with van der Waals surface area (Å²) < 4.78 is 5.00. The Balaban J connectivity index is 1.49. The lowest BCUT2D eigenvalue weighted by Gasteiger charge is -2.23. The fraction of sp³-hybridized carbons (Fsp3) is 0.367. The van der Waals surface area contributed by atoms with Gasteiger partial charge in [0.15, 0.2) is 0 Å². The van der Waals surface area contributed by atoms with Crippen molar-refractivity contribution >= 4 is 17.7 Å². The second-order valence-corrected chi connectivity index (χ2v) is 10.0. The van der Waals surface area contributed by atoms with Crippen molar-refractivity contribution in [3.8, 4) is 5.75 Å². The fourth-order valence-electron chi connectivity index (χ4n) is 4.24. The number of hydrogen-bond acceptors (Lipinski definition) is 5. The van der Waals surface area contributed by atoms with E-state index >= 15 is 0 Å². The summed E-state index contributed by atoms with van der Waals surface area (Å²) in [6, 6.07) is 25.1. The third-order valence-electron chi connectivity index (χ3n) is 6.20. The first kappa shape index (κ1) is 26.8. The highest BCUT2D eigenvalue weighted by molar-refractivity contribution is 8.00. The van der Waals surface area contributed by atoms with Crippen molar-refractivity contribution in [2.45, 2.75) is 67.6 Å². The number of unbranched alkanes of at least 4 members (excludes halogenated alkanes) is 5. The Bertz CT molecular complexity index is 1020. The first-order valence-electron chi connectivity index (χ1n) is 12.4. The Morgan fingerprint density at radius 2 is 1.40 bits per heavy atom. The Morgan fingerprint density at radius 1 is 0.800 bits per heavy atom. The molecule has 5 heteroatoms. The van der Waals surface area contributed by atoms with Gasteiger partial charge in [-0.05, 0) is 66.6 Å². The van der Waals surface area contributed by atoms with E-state index in [0.29, 0.717) is 0 Å². The number of aliphatic hydroxyl groups excluding tert-OH is 1. The average Bonchev–Trinajstić information content (AvgIpc) is 2.90. The number of aliphatic hydroxyl groups is 1. The van der Waals surface area contributed by atoms with Gasteiger partial charge in [-0.3, -0.25) is 4.79 Å². The minimum atomic E-state index is -0.990. The summed E-state index contributed by atoms with van der Waals surface area (Å²) in [5.74, 6) is -0.313. The fourth-order valence-corrected chi connectivity index (χ4v) is 5.29. The van der Waals surface area contributed by atoms with E-state index in [1.54, 1.807) is 24.3 Å². The summed E-state index contributed by atoms with van der Waals surface area (Å²) in [6.07, 6.45) is 8.16. The molecule has 0 aliphatic heterocycles. The van der Waals surface area contributed by atoms with Crippen molar-refractivity contribution in [2.75, 3.05) is 7.11 Å². The van der Waals surface area contributed by atoms with E-state index in [1.807, 2.05) is 24.3 Å². The Kier molecular flexibility index (Phi) is 11.2. The first-order chi connectivity index (χ1) is 17.1. The smallest absolute Gasteiger partial charge is 0.322 e. The zero-order valence-corrected chi connectivity index (χ0v) is 21.3. The number of thioether (sulfide) groups is 1. The molecule has 35 heavy (non-hydrogen) atoms. The van der Waals surface area contributed by atoms with Crippen LogP contribution in [0, 0.1) is 0 Å². The lowest BCUT2D eigenvalue weighted by Crippen LogP contribution is -2.27. The molecule has 2 unspecified atom stereocenters. The second kappa shape index (κ2) is 14.6. The summed E-state index contributed by atoms with van der Waals surface area (Å²) >= 11 is 1.24. The minimum absolute atomic E-state index is 0.158. The van der Waals surface area contributed by atoms with Gasteiger partial charge in [0.1, 0.15) is 17.1 Å². The van der Waals surface area contributed by atoms with Crippen LogP contribution in [0.25, 0.3) is 0 Å². The van der Waals surface area contributed by atoms with Crippen LogP contribution in [0.15, 0.2) is 83.8 Å². The van der Waals surface area contributed by atoms with Crippen LogP contribution in [-0.4, -0.2) is 28.5 Å². The predicted molar refractivity (Wildman–Crippen MR) is 143 cm³/mol. The lowest BCUT2D eigenvalue weighted by atomic mass is 9.95. The zero-order valence-electron chi connectivity index (χ0n) is 20.4. The van der Waals surface area contributed by atoms with Crippen molar-refractivity contribution in [3.05, 3.63) is 95.6 Å². The van der Waals surface area contributed by atoms with E-state index in [1.165, 1.54) is 50.1 Å². The molecule has 0 spiro atoms. The molecule has 0 radical (unpaired) electrons. The van der Waals surface area contributed by atoms with Crippen molar-refractivity contribution < 1.29 is 19.7 Å². The van der Waals surface area contributed by atoms with Gasteiger partial charge in [-0.15, -0.1) is 11.8 Å². The molecule has 186 valence electrons. The Labute approximate surface area is 213 Å². The molecular formula is C30H36O4S. The molecule has 0 saturated heterocycles. The van der Waals surface area contributed by atoms with Gasteiger partial charge in [-0.1, -0.05) is 80.3 Å². The molecule has 0 heterocycles. The average molecular weight is 493 g/mol. The number of aromatic hydroxyl groups is 1. The topological polar surface area (TPSA) is 66.8 Å². The molecule has 0 fully saturated rings. The number of phenolic OH excluding ortho intramolecular Hbond substituents is 1. The number of benzene rings is 3. The summed E-state index contributed by atoms with van der Waals surface area (Å²) in [6.45, 7) is 0. The second-order valence-electron chi connectivity index (χ2n) is 8.81. The van der Waals surface area contributed by atoms with Crippen LogP contribution in [-0.2, 0) is 22.4 Å². The van der Waals surface area contributed by atoms with Gasteiger partial charge in [-0.25, -0.2) is 0 Å². The Hall–Kier alpha value is -2.76. The normalized spacial score (nSPS) is 12.7. The van der Waals surface area contributed by atoms with Crippen molar-refractivity contribution in [3.63, 3.8) is 0 Å². The lowest BCUT2D eigenvalue weighted by molar-refractivity contribution is -0.142. The van der Waals surface area contributed by atoms with Gasteiger partial charge in [-0.2, -0.15) is 0 Å². The summed E-state index contributed by atoms with van der Waals surface area (Å²) in [5, 5.41) is 19.9. The highest BCUT2D eigenvalue weighted by atomic mass is 32.2. The quantitative estimate of drug-likeness (QED) is 0.146. The maximum absolute atomic E-state index is 12.5. The van der Waals surface area contributed by atoms with E-state index < -0.39 is 17.3 Å². The number of ether oxygens (including phenoxy) is 1. The van der Waals surface area contributed by atoms with Crippen molar-refractivity contribution in [1.82, 2.24) is 0 Å². The van der Waals surface area contributed by atoms with E-state index in [2.05, 4.69) is 30.3 Å². The molecule has 2 N–H and O–H groups in total. The van der Waals surface area contributed by atoms with Crippen LogP contribution < -0.4 is 0 Å². The van der Waals surface area contributed by atoms with Gasteiger partial charge >= 0.3 is 5.97 Å². The molecule has 0 saturated carbocycles. The molecular weight excluding hydrogens is 456 g/mol. The number of rotatable bonds is 14. The number of carbonyl (C=O) groups is 1. The molecule has 0 aliphatic carbocycles. The number of esters is 1. The molecule has 2 atom stereocenters. The molecule has 4 nitrogen and oxygen atoms in total. The molecule has 0 amide bonds. The monoisotopic (exact) mass is 492 g/mol. The number of carbonyl (C=O) groups excluding carboxylic acids is 1. The van der Waals surface area contributed by atoms with E-state index in [9.17, 15) is 15.0 Å². The number of hydrogen-bond donors (Lipinski definition) is 2. The van der Waals surface area contributed by atoms with Crippen LogP contribution in [0.3, 0.4) is 0 Å². The highest BCUT2D eigenvalue weighted by Crippen LogP contribution is 2.35. The highest BCUT2D eigenvalue weighted by Gasteiger charge is 2.31. The Morgan fingerprint density at radius 3 is 2.09 bits per heavy atom. The van der Waals surface area contributed by atoms with E-state index in [0.717, 1.165) is 41.7 Å². The van der Waals surface area contributed by atoms with Gasteiger partial charge in [0.2, 0.25) is 0 Å². The maximum Gasteiger partial charge on any atom is 0.322 e. The molecule has 3 aromatic rings. The maximum atomic E-state index is 12.5. The first-order valence-corrected chi connectivity index (χ1v) is 13.3. The molecule has 0 aromatic heterocycles. The zero-order chi connectivity index (χ0) is 24.9. The van der Waals surface area contributed by atoms with Gasteiger partial charge in [0.05, 0.1) is 7.11 Å². The molecule has 0 aliphatic rings. The molecule has 3 aromatic carbocycles. The molecule has 0 bridgehead atoms. The van der Waals surface area contributed by atoms with Gasteiger partial charge in [0.25, 0.3) is 0 Å². The van der Waals surface area contributed by atoms with Crippen molar-refractivity contribution in [1.29, 1.82) is 0 Å². The van der Waals surface area contributed by atoms with Crippen LogP contribution >= 0.6 is 11.8 Å². The van der Waals surface area contributed by atoms with Gasteiger partial charge < -0.3 is 14.9 Å². The standard InChI is InChI=1S/C30H36O4S/c1-34-30(33)29(35-26-21-19-25(31)20-22-26)28(32)27-18-12-11-17-24(27)16-10-5-3-2-4-7-13-23-14-8-6-9-15-23/h6,8-9,11-12,14-15,17-22,28-29,31-32H,2-5,7,10,13,16H2,1H3. The molecule has 3 rings (SSSR count). The predicted octanol–water partition coefficient (Wildman–Crippen LogP) is 6.89. The van der Waals surface area contributed by atoms with E-state index in [-0.39, 0.29) is 5.75 Å². The van der Waals surface area contributed by atoms with Crippen LogP contribution in [0.4, 0.5) is 0 Å². The summed E-state index contributed by atoms with van der Waals surface area (Å²) in [4.78, 5) is 13.3. The summed E-state index contributed by atoms with van der Waals surface area (Å²) in [7, 11) is 1.34. The van der Waals surface area contributed by atoms with Crippen LogP contribution in [0.1, 0.15) is 61.3 Å². The number of phenols is 1. The van der Waals surface area contributed by atoms with E-state index in [4.69, 9.17) is 4.74 Å². The van der Waals surface area contributed by atoms with Crippen LogP contribution in [0.5, 0.6) is 5.75 Å².